The van der Waals surface area contributed by atoms with Crippen LogP contribution in [0.1, 0.15) is 39.7 Å². The molecule has 1 aliphatic rings. The number of amides is 1. The highest BCUT2D eigenvalue weighted by molar-refractivity contribution is 7.10. The minimum absolute atomic E-state index is 0.0452. The molecule has 0 bridgehead atoms. The second kappa shape index (κ2) is 8.48. The summed E-state index contributed by atoms with van der Waals surface area (Å²) in [5, 5.41) is 2.07. The Balaban J connectivity index is 1.51. The molecule has 3 aromatic rings. The third-order valence-electron chi connectivity index (χ3n) is 5.03. The molecule has 144 valence electrons. The molecule has 0 N–H and O–H groups in total. The molecule has 5 heteroatoms. The summed E-state index contributed by atoms with van der Waals surface area (Å²) in [5.41, 5.74) is 1.72. The Bertz CT molecular complexity index is 924. The summed E-state index contributed by atoms with van der Waals surface area (Å²) >= 11 is 1.71. The molecule has 0 saturated carbocycles. The number of hydrogen-bond donors (Lipinski definition) is 0. The lowest BCUT2D eigenvalue weighted by Crippen LogP contribution is -2.30. The molecule has 1 fully saturated rings. The number of hydrogen-bond acceptors (Lipinski definition) is 4. The Hall–Kier alpha value is -2.79. The fourth-order valence-electron chi connectivity index (χ4n) is 3.61. The molecular formula is C23H23NO3S. The van der Waals surface area contributed by atoms with E-state index in [1.165, 1.54) is 4.88 Å². The number of rotatable bonds is 6. The first-order valence-electron chi connectivity index (χ1n) is 9.45. The third kappa shape index (κ3) is 3.90. The van der Waals surface area contributed by atoms with E-state index in [0.29, 0.717) is 23.7 Å². The summed E-state index contributed by atoms with van der Waals surface area (Å²) in [6.07, 6.45) is 2.05. The number of carbonyl (C=O) groups is 1. The van der Waals surface area contributed by atoms with Gasteiger partial charge in [0, 0.05) is 17.0 Å². The van der Waals surface area contributed by atoms with E-state index in [1.807, 2.05) is 53.4 Å². The number of thiophene rings is 1. The van der Waals surface area contributed by atoms with Crippen molar-refractivity contribution in [3.8, 4) is 11.5 Å². The lowest BCUT2D eigenvalue weighted by atomic mass is 10.1. The van der Waals surface area contributed by atoms with E-state index in [1.54, 1.807) is 24.5 Å². The van der Waals surface area contributed by atoms with Gasteiger partial charge in [0.2, 0.25) is 0 Å². The maximum Gasteiger partial charge on any atom is 0.254 e. The molecule has 4 rings (SSSR count). The second-order valence-corrected chi connectivity index (χ2v) is 7.79. The van der Waals surface area contributed by atoms with Crippen LogP contribution in [0.2, 0.25) is 0 Å². The first kappa shape index (κ1) is 18.6. The van der Waals surface area contributed by atoms with Gasteiger partial charge in [0.25, 0.3) is 5.91 Å². The topological polar surface area (TPSA) is 38.8 Å². The van der Waals surface area contributed by atoms with Crippen LogP contribution in [0.5, 0.6) is 11.5 Å². The predicted molar refractivity (Wildman–Crippen MR) is 111 cm³/mol. The van der Waals surface area contributed by atoms with Crippen molar-refractivity contribution in [2.75, 3.05) is 13.7 Å². The number of benzene rings is 2. The molecule has 2 heterocycles. The van der Waals surface area contributed by atoms with E-state index in [4.69, 9.17) is 9.47 Å². The van der Waals surface area contributed by atoms with Gasteiger partial charge in [-0.25, -0.2) is 0 Å². The number of methoxy groups -OCH3 is 1. The summed E-state index contributed by atoms with van der Waals surface area (Å²) in [7, 11) is 1.60. The summed E-state index contributed by atoms with van der Waals surface area (Å²) in [6.45, 7) is 1.24. The van der Waals surface area contributed by atoms with Gasteiger partial charge in [0.05, 0.1) is 13.2 Å². The second-order valence-electron chi connectivity index (χ2n) is 6.81. The van der Waals surface area contributed by atoms with Crippen LogP contribution in [0, 0.1) is 0 Å². The highest BCUT2D eigenvalue weighted by atomic mass is 32.1. The van der Waals surface area contributed by atoms with Crippen molar-refractivity contribution in [2.45, 2.75) is 25.5 Å². The molecule has 1 aliphatic heterocycles. The molecule has 0 radical (unpaired) electrons. The lowest BCUT2D eigenvalue weighted by Gasteiger charge is -2.24. The first-order chi connectivity index (χ1) is 13.8. The quantitative estimate of drug-likeness (QED) is 0.569. The van der Waals surface area contributed by atoms with E-state index in [-0.39, 0.29) is 11.9 Å². The van der Waals surface area contributed by atoms with Gasteiger partial charge >= 0.3 is 0 Å². The van der Waals surface area contributed by atoms with Gasteiger partial charge < -0.3 is 14.4 Å². The Morgan fingerprint density at radius 2 is 1.96 bits per heavy atom. The van der Waals surface area contributed by atoms with Crippen LogP contribution in [0.15, 0.2) is 66.0 Å². The molecule has 1 saturated heterocycles. The summed E-state index contributed by atoms with van der Waals surface area (Å²) < 4.78 is 11.4. The van der Waals surface area contributed by atoms with Gasteiger partial charge in [-0.3, -0.25) is 4.79 Å². The average molecular weight is 394 g/mol. The van der Waals surface area contributed by atoms with Gasteiger partial charge in [0.1, 0.15) is 6.61 Å². The standard InChI is InChI=1S/C23H23NO3S/c1-26-21-15-18(11-12-20(21)27-16-17-7-3-2-4-8-17)23(25)24-13-5-9-19(24)22-10-6-14-28-22/h2-4,6-8,10-12,14-15,19H,5,9,13,16H2,1H3. The van der Waals surface area contributed by atoms with Gasteiger partial charge in [-0.05, 0) is 48.1 Å². The minimum Gasteiger partial charge on any atom is -0.493 e. The van der Waals surface area contributed by atoms with Gasteiger partial charge in [-0.15, -0.1) is 11.3 Å². The van der Waals surface area contributed by atoms with Crippen LogP contribution < -0.4 is 9.47 Å². The fraction of sp³-hybridized carbons (Fsp3) is 0.261. The Morgan fingerprint density at radius 3 is 2.71 bits per heavy atom. The summed E-state index contributed by atoms with van der Waals surface area (Å²) in [4.78, 5) is 16.4. The smallest absolute Gasteiger partial charge is 0.254 e. The number of nitrogens with zero attached hydrogens (tertiary/aromatic N) is 1. The maximum atomic E-state index is 13.1. The maximum absolute atomic E-state index is 13.1. The SMILES string of the molecule is COc1cc(C(=O)N2CCCC2c2cccs2)ccc1OCc1ccccc1. The van der Waals surface area contributed by atoms with Crippen molar-refractivity contribution >= 4 is 17.2 Å². The lowest BCUT2D eigenvalue weighted by molar-refractivity contribution is 0.0737. The molecule has 0 aliphatic carbocycles. The van der Waals surface area contributed by atoms with E-state index in [2.05, 4.69) is 11.4 Å². The highest BCUT2D eigenvalue weighted by Crippen LogP contribution is 2.36. The van der Waals surface area contributed by atoms with E-state index >= 15 is 0 Å². The van der Waals surface area contributed by atoms with Crippen LogP contribution in [-0.2, 0) is 6.61 Å². The molecule has 28 heavy (non-hydrogen) atoms. The molecule has 1 unspecified atom stereocenters. The fourth-order valence-corrected chi connectivity index (χ4v) is 4.48. The molecule has 0 spiro atoms. The van der Waals surface area contributed by atoms with Crippen LogP contribution in [0.4, 0.5) is 0 Å². The number of carbonyl (C=O) groups excluding carboxylic acids is 1. The van der Waals surface area contributed by atoms with Crippen molar-refractivity contribution in [3.05, 3.63) is 82.0 Å². The van der Waals surface area contributed by atoms with Gasteiger partial charge in [-0.1, -0.05) is 36.4 Å². The average Bonchev–Trinajstić information content (AvgIpc) is 3.44. The van der Waals surface area contributed by atoms with Crippen LogP contribution in [0.3, 0.4) is 0 Å². The normalized spacial score (nSPS) is 16.2. The summed E-state index contributed by atoms with van der Waals surface area (Å²) in [6, 6.07) is 19.7. The highest BCUT2D eigenvalue weighted by Gasteiger charge is 2.31. The van der Waals surface area contributed by atoms with Gasteiger partial charge in [0.15, 0.2) is 11.5 Å². The monoisotopic (exact) mass is 393 g/mol. The number of ether oxygens (including phenoxy) is 2. The zero-order valence-corrected chi connectivity index (χ0v) is 16.7. The van der Waals surface area contributed by atoms with E-state index < -0.39 is 0 Å². The Labute approximate surface area is 169 Å². The molecular weight excluding hydrogens is 370 g/mol. The minimum atomic E-state index is 0.0452. The number of likely N-dealkylation sites (tertiary alicyclic amines) is 1. The van der Waals surface area contributed by atoms with Crippen molar-refractivity contribution in [1.82, 2.24) is 4.90 Å². The largest absolute Gasteiger partial charge is 0.493 e. The van der Waals surface area contributed by atoms with Crippen LogP contribution >= 0.6 is 11.3 Å². The molecule has 1 atom stereocenters. The van der Waals surface area contributed by atoms with E-state index in [0.717, 1.165) is 24.9 Å². The van der Waals surface area contributed by atoms with Crippen LogP contribution in [-0.4, -0.2) is 24.5 Å². The molecule has 2 aromatic carbocycles. The van der Waals surface area contributed by atoms with Crippen molar-refractivity contribution in [3.63, 3.8) is 0 Å². The molecule has 1 aromatic heterocycles. The first-order valence-corrected chi connectivity index (χ1v) is 10.3. The van der Waals surface area contributed by atoms with Crippen molar-refractivity contribution in [2.24, 2.45) is 0 Å². The summed E-state index contributed by atoms with van der Waals surface area (Å²) in [5.74, 6) is 1.26. The van der Waals surface area contributed by atoms with E-state index in [9.17, 15) is 4.79 Å². The van der Waals surface area contributed by atoms with Crippen LogP contribution in [0.25, 0.3) is 0 Å². The zero-order valence-electron chi connectivity index (χ0n) is 15.8. The predicted octanol–water partition coefficient (Wildman–Crippen LogP) is 5.31. The van der Waals surface area contributed by atoms with Crippen molar-refractivity contribution in [1.29, 1.82) is 0 Å². The Kier molecular flexibility index (Phi) is 5.63. The van der Waals surface area contributed by atoms with Crippen molar-refractivity contribution < 1.29 is 14.3 Å². The molecule has 1 amide bonds. The molecule has 4 nitrogen and oxygen atoms in total. The van der Waals surface area contributed by atoms with Gasteiger partial charge in [-0.2, -0.15) is 0 Å². The zero-order chi connectivity index (χ0) is 19.3. The third-order valence-corrected chi connectivity index (χ3v) is 6.01. The Morgan fingerprint density at radius 1 is 1.11 bits per heavy atom.